The van der Waals surface area contributed by atoms with E-state index in [1.165, 1.54) is 4.57 Å². The minimum atomic E-state index is -0.737. The van der Waals surface area contributed by atoms with E-state index >= 15 is 0 Å². The van der Waals surface area contributed by atoms with Crippen LogP contribution >= 0.6 is 11.8 Å². The topological polar surface area (TPSA) is 79.8 Å². The fraction of sp³-hybridized carbons (Fsp3) is 0.136. The highest BCUT2D eigenvalue weighted by Crippen LogP contribution is 2.23. The van der Waals surface area contributed by atoms with Gasteiger partial charge < -0.3 is 10.3 Å². The van der Waals surface area contributed by atoms with Crippen LogP contribution in [0.5, 0.6) is 0 Å². The Balaban J connectivity index is 1.67. The van der Waals surface area contributed by atoms with Gasteiger partial charge in [0.15, 0.2) is 5.16 Å². The molecule has 0 radical (unpaired) electrons. The zero-order valence-electron chi connectivity index (χ0n) is 16.7. The molecular weight excluding hydrogens is 422 g/mol. The molecule has 0 unspecified atom stereocenters. The normalized spacial score (nSPS) is 11.1. The third kappa shape index (κ3) is 4.36. The Bertz CT molecular complexity index is 1350. The van der Waals surface area contributed by atoms with Gasteiger partial charge in [-0.15, -0.1) is 0 Å². The second kappa shape index (κ2) is 8.35. The molecule has 1 amide bonds. The van der Waals surface area contributed by atoms with Crippen LogP contribution in [0.4, 0.5) is 14.5 Å². The van der Waals surface area contributed by atoms with Gasteiger partial charge in [-0.3, -0.25) is 14.2 Å². The third-order valence-electron chi connectivity index (χ3n) is 4.58. The van der Waals surface area contributed by atoms with Crippen molar-refractivity contribution in [2.24, 2.45) is 0 Å². The molecule has 9 heteroatoms. The number of carbonyl (C=O) groups excluding carboxylic acids is 1. The first-order valence-electron chi connectivity index (χ1n) is 9.39. The standard InChI is InChI=1S/C22H18F2N4O2S/c1-12-3-6-15(7-4-12)28-21(30)20-18(9-13(2)25-20)27-22(28)31-11-19(29)26-17-10-14(23)5-8-16(17)24/h3-10,25H,11H2,1-2H3,(H,26,29). The lowest BCUT2D eigenvalue weighted by atomic mass is 10.2. The molecule has 0 spiro atoms. The first-order chi connectivity index (χ1) is 14.8. The van der Waals surface area contributed by atoms with E-state index in [-0.39, 0.29) is 17.0 Å². The lowest BCUT2D eigenvalue weighted by Gasteiger charge is -2.12. The zero-order chi connectivity index (χ0) is 22.1. The van der Waals surface area contributed by atoms with Crippen molar-refractivity contribution in [1.29, 1.82) is 0 Å². The van der Waals surface area contributed by atoms with Crippen LogP contribution in [0, 0.1) is 25.5 Å². The van der Waals surface area contributed by atoms with Crippen LogP contribution in [-0.2, 0) is 4.79 Å². The van der Waals surface area contributed by atoms with Crippen LogP contribution < -0.4 is 10.9 Å². The van der Waals surface area contributed by atoms with E-state index in [0.717, 1.165) is 41.2 Å². The molecule has 0 saturated heterocycles. The Kier molecular flexibility index (Phi) is 5.60. The molecule has 0 bridgehead atoms. The number of fused-ring (bicyclic) bond motifs is 1. The molecule has 0 aliphatic rings. The van der Waals surface area contributed by atoms with Crippen LogP contribution in [-0.4, -0.2) is 26.2 Å². The molecule has 0 saturated carbocycles. The van der Waals surface area contributed by atoms with E-state index in [0.29, 0.717) is 21.9 Å². The molecule has 4 aromatic rings. The molecule has 0 aliphatic carbocycles. The van der Waals surface area contributed by atoms with E-state index < -0.39 is 17.5 Å². The van der Waals surface area contributed by atoms with Crippen LogP contribution in [0.3, 0.4) is 0 Å². The van der Waals surface area contributed by atoms with Gasteiger partial charge in [0, 0.05) is 11.8 Å². The van der Waals surface area contributed by atoms with Crippen LogP contribution in [0.25, 0.3) is 16.7 Å². The Morgan fingerprint density at radius 2 is 1.87 bits per heavy atom. The Labute approximate surface area is 180 Å². The Morgan fingerprint density at radius 3 is 2.61 bits per heavy atom. The number of aryl methyl sites for hydroxylation is 2. The lowest BCUT2D eigenvalue weighted by molar-refractivity contribution is -0.113. The molecule has 2 aromatic carbocycles. The van der Waals surface area contributed by atoms with Crippen molar-refractivity contribution < 1.29 is 13.6 Å². The van der Waals surface area contributed by atoms with Crippen molar-refractivity contribution in [2.45, 2.75) is 19.0 Å². The average Bonchev–Trinajstić information content (AvgIpc) is 3.11. The number of aromatic amines is 1. The predicted molar refractivity (Wildman–Crippen MR) is 117 cm³/mol. The molecule has 6 nitrogen and oxygen atoms in total. The van der Waals surface area contributed by atoms with E-state index in [1.54, 1.807) is 18.2 Å². The number of thioether (sulfide) groups is 1. The molecule has 0 atom stereocenters. The van der Waals surface area contributed by atoms with Gasteiger partial charge in [-0.25, -0.2) is 13.8 Å². The summed E-state index contributed by atoms with van der Waals surface area (Å²) in [5.74, 6) is -2.10. The number of H-pyrrole nitrogens is 1. The fourth-order valence-electron chi connectivity index (χ4n) is 3.11. The minimum absolute atomic E-state index is 0.150. The van der Waals surface area contributed by atoms with Crippen LogP contribution in [0.2, 0.25) is 0 Å². The summed E-state index contributed by atoms with van der Waals surface area (Å²) in [6, 6.07) is 11.9. The molecule has 2 N–H and O–H groups in total. The first-order valence-corrected chi connectivity index (χ1v) is 10.4. The van der Waals surface area contributed by atoms with E-state index in [9.17, 15) is 18.4 Å². The maximum Gasteiger partial charge on any atom is 0.283 e. The van der Waals surface area contributed by atoms with Gasteiger partial charge in [0.05, 0.1) is 22.6 Å². The second-order valence-corrected chi connectivity index (χ2v) is 7.99. The molecule has 158 valence electrons. The average molecular weight is 440 g/mol. The summed E-state index contributed by atoms with van der Waals surface area (Å²) in [6.45, 7) is 3.76. The number of aromatic nitrogens is 3. The summed E-state index contributed by atoms with van der Waals surface area (Å²) in [7, 11) is 0. The summed E-state index contributed by atoms with van der Waals surface area (Å²) in [5, 5.41) is 2.66. The Hall–Kier alpha value is -3.46. The van der Waals surface area contributed by atoms with Gasteiger partial charge in [0.1, 0.15) is 17.2 Å². The second-order valence-electron chi connectivity index (χ2n) is 7.04. The quantitative estimate of drug-likeness (QED) is 0.357. The fourth-order valence-corrected chi connectivity index (χ4v) is 3.92. The molecule has 31 heavy (non-hydrogen) atoms. The van der Waals surface area contributed by atoms with Crippen molar-refractivity contribution in [3.8, 4) is 5.69 Å². The molecular formula is C22H18F2N4O2S. The van der Waals surface area contributed by atoms with E-state index in [2.05, 4.69) is 15.3 Å². The number of halogens is 2. The number of carbonyl (C=O) groups is 1. The van der Waals surface area contributed by atoms with Crippen LogP contribution in [0.15, 0.2) is 58.5 Å². The highest BCUT2D eigenvalue weighted by Gasteiger charge is 2.17. The van der Waals surface area contributed by atoms with Gasteiger partial charge in [-0.1, -0.05) is 29.5 Å². The van der Waals surface area contributed by atoms with E-state index in [1.807, 2.05) is 26.0 Å². The molecule has 4 rings (SSSR count). The van der Waals surface area contributed by atoms with Crippen molar-refractivity contribution in [3.63, 3.8) is 0 Å². The largest absolute Gasteiger partial charge is 0.353 e. The van der Waals surface area contributed by atoms with Gasteiger partial charge in [0.25, 0.3) is 5.56 Å². The summed E-state index contributed by atoms with van der Waals surface area (Å²) < 4.78 is 28.6. The number of anilines is 1. The first kappa shape index (κ1) is 20.8. The van der Waals surface area contributed by atoms with Gasteiger partial charge in [0.2, 0.25) is 5.91 Å². The van der Waals surface area contributed by atoms with Gasteiger partial charge in [-0.2, -0.15) is 0 Å². The number of nitrogens with zero attached hydrogens (tertiary/aromatic N) is 2. The SMILES string of the molecule is Cc1ccc(-n2c(SCC(=O)Nc3cc(F)ccc3F)nc3cc(C)[nH]c3c2=O)cc1. The predicted octanol–water partition coefficient (Wildman–Crippen LogP) is 4.34. The smallest absolute Gasteiger partial charge is 0.283 e. The van der Waals surface area contributed by atoms with Crippen molar-refractivity contribution in [3.05, 3.63) is 81.8 Å². The number of amides is 1. The van der Waals surface area contributed by atoms with Crippen LogP contribution in [0.1, 0.15) is 11.3 Å². The van der Waals surface area contributed by atoms with Crippen molar-refractivity contribution >= 4 is 34.4 Å². The maximum absolute atomic E-state index is 13.8. The lowest BCUT2D eigenvalue weighted by Crippen LogP contribution is -2.23. The summed E-state index contributed by atoms with van der Waals surface area (Å²) in [5.41, 5.74) is 2.76. The molecule has 2 aromatic heterocycles. The summed E-state index contributed by atoms with van der Waals surface area (Å²) in [6.07, 6.45) is 0. The summed E-state index contributed by atoms with van der Waals surface area (Å²) >= 11 is 1.03. The molecule has 0 aliphatic heterocycles. The van der Waals surface area contributed by atoms with Crippen molar-refractivity contribution in [1.82, 2.24) is 14.5 Å². The Morgan fingerprint density at radius 1 is 1.13 bits per heavy atom. The maximum atomic E-state index is 13.8. The zero-order valence-corrected chi connectivity index (χ0v) is 17.5. The highest BCUT2D eigenvalue weighted by molar-refractivity contribution is 7.99. The highest BCUT2D eigenvalue weighted by atomic mass is 32.2. The van der Waals surface area contributed by atoms with Crippen molar-refractivity contribution in [2.75, 3.05) is 11.1 Å². The van der Waals surface area contributed by atoms with Gasteiger partial charge in [-0.05, 0) is 44.2 Å². The molecule has 2 heterocycles. The van der Waals surface area contributed by atoms with Gasteiger partial charge >= 0.3 is 0 Å². The number of nitrogens with one attached hydrogen (secondary N) is 2. The molecule has 0 fully saturated rings. The third-order valence-corrected chi connectivity index (χ3v) is 5.52. The summed E-state index contributed by atoms with van der Waals surface area (Å²) in [4.78, 5) is 33.1. The minimum Gasteiger partial charge on any atom is -0.353 e. The monoisotopic (exact) mass is 440 g/mol. The van der Waals surface area contributed by atoms with E-state index in [4.69, 9.17) is 0 Å². The number of hydrogen-bond donors (Lipinski definition) is 2. The number of hydrogen-bond acceptors (Lipinski definition) is 4. The number of benzene rings is 2. The number of rotatable bonds is 5.